The summed E-state index contributed by atoms with van der Waals surface area (Å²) >= 11 is 0. The highest BCUT2D eigenvalue weighted by atomic mass is 32.2. The van der Waals surface area contributed by atoms with Crippen LogP contribution in [0.15, 0.2) is 41.4 Å². The van der Waals surface area contributed by atoms with Crippen LogP contribution in [0.3, 0.4) is 0 Å². The second-order valence-corrected chi connectivity index (χ2v) is 9.01. The summed E-state index contributed by atoms with van der Waals surface area (Å²) in [5.41, 5.74) is -0.640. The van der Waals surface area contributed by atoms with Crippen LogP contribution >= 0.6 is 0 Å². The highest BCUT2D eigenvalue weighted by Gasteiger charge is 2.89. The first-order valence-electron chi connectivity index (χ1n) is 9.43. The van der Waals surface area contributed by atoms with E-state index in [-0.39, 0.29) is 0 Å². The summed E-state index contributed by atoms with van der Waals surface area (Å²) in [4.78, 5) is 18.3. The quantitative estimate of drug-likeness (QED) is 0.380. The minimum atomic E-state index is -7.87. The number of sulfonamides is 1. The normalized spacial score (nSPS) is 13.9. The molecule has 0 bridgehead atoms. The van der Waals surface area contributed by atoms with E-state index in [0.717, 1.165) is 5.32 Å². The number of alkyl halides is 12. The molecule has 2 N–H and O–H groups in total. The summed E-state index contributed by atoms with van der Waals surface area (Å²) in [6, 6.07) is 3.51. The van der Waals surface area contributed by atoms with Crippen LogP contribution in [0, 0.1) is 6.92 Å². The lowest BCUT2D eigenvalue weighted by molar-refractivity contribution is -0.406. The molecule has 1 aromatic carbocycles. The number of nitrogens with one attached hydrogen (secondary N) is 2. The van der Waals surface area contributed by atoms with Gasteiger partial charge in [0.05, 0.1) is 4.90 Å². The number of carbonyl (C=O) groups excluding carboxylic acids is 1. The number of carbonyl (C=O) groups is 1. The molecule has 0 saturated carbocycles. The minimum Gasteiger partial charge on any atom is -0.321 e. The summed E-state index contributed by atoms with van der Waals surface area (Å²) in [6.45, 7) is 1.48. The molecule has 0 aliphatic carbocycles. The molecule has 0 aliphatic heterocycles. The molecule has 2 aromatic rings. The Morgan fingerprint density at radius 1 is 0.842 bits per heavy atom. The molecular formula is C18H12F12N4O3S. The van der Waals surface area contributed by atoms with Crippen molar-refractivity contribution >= 4 is 27.6 Å². The van der Waals surface area contributed by atoms with Crippen molar-refractivity contribution in [2.45, 2.75) is 47.9 Å². The maximum Gasteiger partial charge on any atom is 0.393 e. The Labute approximate surface area is 204 Å². The van der Waals surface area contributed by atoms with Gasteiger partial charge >= 0.3 is 41.9 Å². The summed E-state index contributed by atoms with van der Waals surface area (Å²) in [7, 11) is -4.45. The second-order valence-electron chi connectivity index (χ2n) is 7.33. The number of hydrogen-bond donors (Lipinski definition) is 2. The number of aromatic nitrogens is 2. The zero-order valence-electron chi connectivity index (χ0n) is 18.1. The fraction of sp³-hybridized carbons (Fsp3) is 0.389. The maximum absolute atomic E-state index is 13.9. The van der Waals surface area contributed by atoms with Gasteiger partial charge < -0.3 is 5.32 Å². The first-order valence-corrected chi connectivity index (χ1v) is 10.9. The van der Waals surface area contributed by atoms with Crippen LogP contribution in [0.4, 0.5) is 64.3 Å². The third kappa shape index (κ3) is 5.17. The Morgan fingerprint density at radius 3 is 1.84 bits per heavy atom. The van der Waals surface area contributed by atoms with Crippen LogP contribution in [0.1, 0.15) is 5.69 Å². The summed E-state index contributed by atoms with van der Waals surface area (Å²) < 4.78 is 185. The van der Waals surface area contributed by atoms with E-state index in [4.69, 9.17) is 0 Å². The molecule has 0 spiro atoms. The molecular weight excluding hydrogens is 580 g/mol. The van der Waals surface area contributed by atoms with E-state index in [1.165, 1.54) is 19.2 Å². The average molecular weight is 592 g/mol. The molecule has 38 heavy (non-hydrogen) atoms. The number of rotatable bonds is 10. The highest BCUT2D eigenvalue weighted by Crippen LogP contribution is 2.58. The van der Waals surface area contributed by atoms with Gasteiger partial charge in [-0.3, -0.25) is 4.79 Å². The minimum absolute atomic E-state index is 0.342. The van der Waals surface area contributed by atoms with E-state index < -0.39 is 68.5 Å². The van der Waals surface area contributed by atoms with E-state index >= 15 is 0 Å². The third-order valence-corrected chi connectivity index (χ3v) is 5.95. The summed E-state index contributed by atoms with van der Waals surface area (Å²) in [6.07, 6.45) is -4.49. The van der Waals surface area contributed by atoms with Crippen LogP contribution < -0.4 is 10.0 Å². The molecule has 0 atom stereocenters. The molecule has 0 radical (unpaired) electrons. The SMILES string of the molecule is Cc1ccnc(NS(=O)(=O)c2ccc(NC(=O)C(F)(F)C(F)(F)C(F)(F)C(F)(F)C(F)(F)C(F)F)cc2)n1. The Morgan fingerprint density at radius 2 is 1.37 bits per heavy atom. The van der Waals surface area contributed by atoms with Gasteiger partial charge in [0.25, 0.3) is 10.0 Å². The maximum atomic E-state index is 13.9. The van der Waals surface area contributed by atoms with Gasteiger partial charge in [-0.05, 0) is 37.3 Å². The van der Waals surface area contributed by atoms with E-state index in [9.17, 15) is 65.9 Å². The molecule has 2 rings (SSSR count). The standard InChI is InChI=1S/C18H12F12N4O3S/c1-8-6-7-31-13(32-8)34-38(36,37)10-4-2-9(3-5-10)33-12(35)15(23,24)17(27,28)18(29,30)16(25,26)14(21,22)11(19)20/h2-7,11H,1H3,(H,33,35)(H,31,32,34). The molecule has 0 saturated heterocycles. The monoisotopic (exact) mass is 592 g/mol. The van der Waals surface area contributed by atoms with Crippen molar-refractivity contribution < 1.29 is 65.9 Å². The molecule has 0 fully saturated rings. The topological polar surface area (TPSA) is 101 Å². The lowest BCUT2D eigenvalue weighted by atomic mass is 9.94. The second kappa shape index (κ2) is 9.77. The molecule has 0 aliphatic rings. The van der Waals surface area contributed by atoms with Crippen LogP contribution in [0.25, 0.3) is 0 Å². The summed E-state index contributed by atoms with van der Waals surface area (Å²) in [5, 5.41) is 0.886. The van der Waals surface area contributed by atoms with Gasteiger partial charge in [-0.25, -0.2) is 31.9 Å². The van der Waals surface area contributed by atoms with E-state index in [0.29, 0.717) is 30.0 Å². The Balaban J connectivity index is 2.29. The molecule has 0 unspecified atom stereocenters. The molecule has 212 valence electrons. The van der Waals surface area contributed by atoms with Gasteiger partial charge in [-0.1, -0.05) is 0 Å². The van der Waals surface area contributed by atoms with Crippen molar-refractivity contribution in [2.75, 3.05) is 10.0 Å². The number of nitrogens with zero attached hydrogens (tertiary/aromatic N) is 2. The first kappa shape index (κ1) is 30.9. The molecule has 7 nitrogen and oxygen atoms in total. The van der Waals surface area contributed by atoms with Gasteiger partial charge in [0.2, 0.25) is 5.95 Å². The van der Waals surface area contributed by atoms with Crippen molar-refractivity contribution in [2.24, 2.45) is 0 Å². The average Bonchev–Trinajstić information content (AvgIpc) is 2.78. The van der Waals surface area contributed by atoms with Crippen molar-refractivity contribution in [3.8, 4) is 0 Å². The smallest absolute Gasteiger partial charge is 0.321 e. The number of aryl methyl sites for hydroxylation is 1. The number of anilines is 2. The Hall–Kier alpha value is -3.32. The fourth-order valence-corrected chi connectivity index (χ4v) is 3.44. The zero-order valence-corrected chi connectivity index (χ0v) is 18.9. The molecule has 1 amide bonds. The van der Waals surface area contributed by atoms with Crippen LogP contribution in [-0.4, -0.2) is 60.3 Å². The van der Waals surface area contributed by atoms with Crippen molar-refractivity contribution in [3.63, 3.8) is 0 Å². The fourth-order valence-electron chi connectivity index (χ4n) is 2.49. The van der Waals surface area contributed by atoms with Crippen molar-refractivity contribution in [1.29, 1.82) is 0 Å². The van der Waals surface area contributed by atoms with Crippen molar-refractivity contribution in [1.82, 2.24) is 9.97 Å². The van der Waals surface area contributed by atoms with E-state index in [1.807, 2.05) is 4.72 Å². The van der Waals surface area contributed by atoms with Crippen LogP contribution in [0.5, 0.6) is 0 Å². The first-order chi connectivity index (χ1) is 17.0. The number of hydrogen-bond acceptors (Lipinski definition) is 5. The lowest BCUT2D eigenvalue weighted by Gasteiger charge is -2.38. The lowest BCUT2D eigenvalue weighted by Crippen LogP contribution is -2.70. The van der Waals surface area contributed by atoms with Gasteiger partial charge in [0.15, 0.2) is 0 Å². The van der Waals surface area contributed by atoms with Gasteiger partial charge in [-0.2, -0.15) is 43.9 Å². The van der Waals surface area contributed by atoms with Gasteiger partial charge in [0.1, 0.15) is 0 Å². The van der Waals surface area contributed by atoms with Crippen LogP contribution in [-0.2, 0) is 14.8 Å². The molecule has 1 heterocycles. The highest BCUT2D eigenvalue weighted by molar-refractivity contribution is 7.92. The van der Waals surface area contributed by atoms with E-state index in [2.05, 4.69) is 9.97 Å². The number of halogens is 12. The largest absolute Gasteiger partial charge is 0.393 e. The van der Waals surface area contributed by atoms with Crippen LogP contribution in [0.2, 0.25) is 0 Å². The van der Waals surface area contributed by atoms with E-state index in [1.54, 1.807) is 0 Å². The van der Waals surface area contributed by atoms with Gasteiger partial charge in [0, 0.05) is 17.6 Å². The van der Waals surface area contributed by atoms with Crippen molar-refractivity contribution in [3.05, 3.63) is 42.2 Å². The molecule has 20 heteroatoms. The number of amides is 1. The summed E-state index contributed by atoms with van der Waals surface area (Å²) in [5.74, 6) is -41.2. The Bertz CT molecular complexity index is 1290. The zero-order chi connectivity index (χ0) is 29.5. The Kier molecular flexibility index (Phi) is 7.94. The predicted octanol–water partition coefficient (Wildman–Crippen LogP) is 4.97. The number of benzene rings is 1. The predicted molar refractivity (Wildman–Crippen MR) is 103 cm³/mol. The van der Waals surface area contributed by atoms with Gasteiger partial charge in [-0.15, -0.1) is 0 Å². The molecule has 1 aromatic heterocycles. The third-order valence-electron chi connectivity index (χ3n) is 4.60.